The van der Waals surface area contributed by atoms with E-state index in [0.717, 1.165) is 26.5 Å². The summed E-state index contributed by atoms with van der Waals surface area (Å²) in [4.78, 5) is 31.9. The number of rotatable bonds is 5. The van der Waals surface area contributed by atoms with Gasteiger partial charge in [-0.2, -0.15) is 0 Å². The van der Waals surface area contributed by atoms with Gasteiger partial charge in [0.25, 0.3) is 5.56 Å². The van der Waals surface area contributed by atoms with Crippen LogP contribution < -0.4 is 10.9 Å². The average Bonchev–Trinajstić information content (AvgIpc) is 2.89. The number of thiophene rings is 1. The second-order valence-corrected chi connectivity index (χ2v) is 8.92. The van der Waals surface area contributed by atoms with Crippen molar-refractivity contribution in [3.8, 4) is 0 Å². The fourth-order valence-corrected chi connectivity index (χ4v) is 4.87. The molecule has 3 aromatic rings. The van der Waals surface area contributed by atoms with Crippen molar-refractivity contribution < 1.29 is 4.79 Å². The van der Waals surface area contributed by atoms with Gasteiger partial charge in [-0.15, -0.1) is 11.3 Å². The Hall–Kier alpha value is -2.12. The molecule has 0 saturated carbocycles. The third kappa shape index (κ3) is 3.94. The molecule has 0 atom stereocenters. The van der Waals surface area contributed by atoms with E-state index in [9.17, 15) is 9.59 Å². The van der Waals surface area contributed by atoms with Gasteiger partial charge in [-0.1, -0.05) is 30.0 Å². The van der Waals surface area contributed by atoms with Crippen LogP contribution in [0.15, 0.2) is 34.2 Å². The summed E-state index contributed by atoms with van der Waals surface area (Å²) < 4.78 is 1.69. The number of aryl methyl sites for hydroxylation is 3. The summed E-state index contributed by atoms with van der Waals surface area (Å²) in [6.45, 7) is 9.84. The lowest BCUT2D eigenvalue weighted by molar-refractivity contribution is -0.113. The minimum atomic E-state index is -0.113. The van der Waals surface area contributed by atoms with Gasteiger partial charge in [0, 0.05) is 16.6 Å². The van der Waals surface area contributed by atoms with Gasteiger partial charge in [0.2, 0.25) is 5.91 Å². The Morgan fingerprint density at radius 2 is 1.96 bits per heavy atom. The zero-order valence-electron chi connectivity index (χ0n) is 16.1. The number of hydrogen-bond donors (Lipinski definition) is 1. The van der Waals surface area contributed by atoms with Gasteiger partial charge in [-0.05, 0) is 51.8 Å². The number of para-hydroxylation sites is 1. The van der Waals surface area contributed by atoms with Gasteiger partial charge < -0.3 is 5.32 Å². The molecule has 0 aliphatic heterocycles. The number of fused-ring (bicyclic) bond motifs is 1. The van der Waals surface area contributed by atoms with Gasteiger partial charge in [0.1, 0.15) is 4.83 Å². The molecule has 0 aliphatic carbocycles. The quantitative estimate of drug-likeness (QED) is 0.497. The first-order chi connectivity index (χ1) is 12.8. The molecule has 142 valence electrons. The summed E-state index contributed by atoms with van der Waals surface area (Å²) in [5.74, 6) is 0.0833. The molecule has 1 amide bonds. The van der Waals surface area contributed by atoms with Crippen molar-refractivity contribution in [3.05, 3.63) is 50.6 Å². The Labute approximate surface area is 166 Å². The number of carbonyl (C=O) groups excluding carboxylic acids is 1. The van der Waals surface area contributed by atoms with E-state index in [4.69, 9.17) is 4.98 Å². The molecular formula is C20H23N3O2S2. The lowest BCUT2D eigenvalue weighted by Gasteiger charge is -2.15. The molecule has 27 heavy (non-hydrogen) atoms. The van der Waals surface area contributed by atoms with E-state index in [1.165, 1.54) is 23.1 Å². The minimum Gasteiger partial charge on any atom is -0.325 e. The summed E-state index contributed by atoms with van der Waals surface area (Å²) in [6.07, 6.45) is 0. The highest BCUT2D eigenvalue weighted by Gasteiger charge is 2.19. The average molecular weight is 402 g/mol. The van der Waals surface area contributed by atoms with Crippen LogP contribution in [0.5, 0.6) is 0 Å². The fourth-order valence-electron chi connectivity index (χ4n) is 2.87. The zero-order valence-corrected chi connectivity index (χ0v) is 17.8. The van der Waals surface area contributed by atoms with Crippen molar-refractivity contribution in [3.63, 3.8) is 0 Å². The van der Waals surface area contributed by atoms with E-state index < -0.39 is 0 Å². The van der Waals surface area contributed by atoms with Crippen LogP contribution in [0.1, 0.15) is 35.9 Å². The number of benzene rings is 1. The monoisotopic (exact) mass is 401 g/mol. The summed E-state index contributed by atoms with van der Waals surface area (Å²) in [5.41, 5.74) is 2.78. The number of aromatic nitrogens is 2. The molecule has 0 fully saturated rings. The summed E-state index contributed by atoms with van der Waals surface area (Å²) in [5, 5.41) is 4.20. The molecule has 0 saturated heterocycles. The van der Waals surface area contributed by atoms with Crippen LogP contribution in [-0.4, -0.2) is 21.2 Å². The Bertz CT molecular complexity index is 1070. The molecule has 1 aromatic carbocycles. The molecular weight excluding hydrogens is 378 g/mol. The smallest absolute Gasteiger partial charge is 0.263 e. The molecule has 0 radical (unpaired) electrons. The molecule has 0 aliphatic rings. The molecule has 7 heteroatoms. The third-order valence-electron chi connectivity index (χ3n) is 4.47. The number of carbonyl (C=O) groups is 1. The highest BCUT2D eigenvalue weighted by Crippen LogP contribution is 2.29. The molecule has 5 nitrogen and oxygen atoms in total. The number of nitrogens with zero attached hydrogens (tertiary/aromatic N) is 2. The topological polar surface area (TPSA) is 64.0 Å². The van der Waals surface area contributed by atoms with Crippen molar-refractivity contribution in [2.75, 3.05) is 11.1 Å². The molecule has 0 bridgehead atoms. The zero-order chi connectivity index (χ0) is 19.7. The maximum atomic E-state index is 13.0. The van der Waals surface area contributed by atoms with Crippen LogP contribution in [-0.2, 0) is 4.79 Å². The second kappa shape index (κ2) is 7.86. The lowest BCUT2D eigenvalue weighted by atomic mass is 10.2. The van der Waals surface area contributed by atoms with Crippen LogP contribution >= 0.6 is 23.1 Å². The minimum absolute atomic E-state index is 0.0290. The highest BCUT2D eigenvalue weighted by atomic mass is 32.2. The van der Waals surface area contributed by atoms with E-state index in [2.05, 4.69) is 5.32 Å². The van der Waals surface area contributed by atoms with E-state index in [1.54, 1.807) is 4.57 Å². The number of thioether (sulfide) groups is 1. The van der Waals surface area contributed by atoms with Crippen LogP contribution in [0, 0.1) is 20.8 Å². The highest BCUT2D eigenvalue weighted by molar-refractivity contribution is 7.99. The Morgan fingerprint density at radius 3 is 2.63 bits per heavy atom. The van der Waals surface area contributed by atoms with Crippen LogP contribution in [0.2, 0.25) is 0 Å². The Balaban J connectivity index is 1.88. The van der Waals surface area contributed by atoms with Crippen LogP contribution in [0.3, 0.4) is 0 Å². The van der Waals surface area contributed by atoms with E-state index >= 15 is 0 Å². The maximum Gasteiger partial charge on any atom is 0.263 e. The predicted molar refractivity (Wildman–Crippen MR) is 114 cm³/mol. The van der Waals surface area contributed by atoms with Crippen molar-refractivity contribution in [2.45, 2.75) is 45.8 Å². The molecule has 2 aromatic heterocycles. The van der Waals surface area contributed by atoms with Crippen molar-refractivity contribution in [1.29, 1.82) is 0 Å². The van der Waals surface area contributed by atoms with Gasteiger partial charge in [-0.3, -0.25) is 14.2 Å². The van der Waals surface area contributed by atoms with Crippen molar-refractivity contribution >= 4 is 44.9 Å². The van der Waals surface area contributed by atoms with E-state index in [0.29, 0.717) is 10.5 Å². The predicted octanol–water partition coefficient (Wildman–Crippen LogP) is 4.69. The Kier molecular flexibility index (Phi) is 5.72. The lowest BCUT2D eigenvalue weighted by Crippen LogP contribution is -2.25. The number of anilines is 1. The van der Waals surface area contributed by atoms with Gasteiger partial charge >= 0.3 is 0 Å². The van der Waals surface area contributed by atoms with E-state index in [-0.39, 0.29) is 23.3 Å². The molecule has 0 unspecified atom stereocenters. The second-order valence-electron chi connectivity index (χ2n) is 6.78. The molecule has 3 rings (SSSR count). The van der Waals surface area contributed by atoms with E-state index in [1.807, 2.05) is 58.9 Å². The molecule has 0 spiro atoms. The third-order valence-corrected chi connectivity index (χ3v) is 6.52. The number of amides is 1. The standard InChI is InChI=1S/C20H23N3O2S2/c1-11(2)23-19(25)17-13(4)14(5)27-18(17)22-20(23)26-10-16(24)21-15-9-7-6-8-12(15)3/h6-9,11H,10H2,1-5H3,(H,21,24). The molecule has 1 N–H and O–H groups in total. The first-order valence-corrected chi connectivity index (χ1v) is 10.6. The Morgan fingerprint density at radius 1 is 1.26 bits per heavy atom. The first kappa shape index (κ1) is 19.6. The van der Waals surface area contributed by atoms with Crippen molar-refractivity contribution in [2.24, 2.45) is 0 Å². The normalized spacial score (nSPS) is 11.3. The number of nitrogens with one attached hydrogen (secondary N) is 1. The summed E-state index contributed by atoms with van der Waals surface area (Å²) in [7, 11) is 0. The van der Waals surface area contributed by atoms with Crippen LogP contribution in [0.25, 0.3) is 10.2 Å². The molecule has 2 heterocycles. The van der Waals surface area contributed by atoms with Crippen molar-refractivity contribution in [1.82, 2.24) is 9.55 Å². The largest absolute Gasteiger partial charge is 0.325 e. The first-order valence-electron chi connectivity index (χ1n) is 8.80. The SMILES string of the molecule is Cc1ccccc1NC(=O)CSc1nc2sc(C)c(C)c2c(=O)n1C(C)C. The van der Waals surface area contributed by atoms with Gasteiger partial charge in [0.05, 0.1) is 11.1 Å². The van der Waals surface area contributed by atoms with Gasteiger partial charge in [-0.25, -0.2) is 4.98 Å². The number of hydrogen-bond acceptors (Lipinski definition) is 5. The summed E-state index contributed by atoms with van der Waals surface area (Å²) in [6, 6.07) is 7.63. The van der Waals surface area contributed by atoms with Crippen LogP contribution in [0.4, 0.5) is 5.69 Å². The fraction of sp³-hybridized carbons (Fsp3) is 0.350. The summed E-state index contributed by atoms with van der Waals surface area (Å²) >= 11 is 2.83. The van der Waals surface area contributed by atoms with Gasteiger partial charge in [0.15, 0.2) is 5.16 Å². The maximum absolute atomic E-state index is 13.0.